The maximum Gasteiger partial charge on any atom is 0.250 e. The van der Waals surface area contributed by atoms with Gasteiger partial charge in [-0.05, 0) is 47.9 Å². The van der Waals surface area contributed by atoms with Crippen molar-refractivity contribution in [3.05, 3.63) is 46.5 Å². The molecule has 150 valence electrons. The van der Waals surface area contributed by atoms with Gasteiger partial charge in [0.05, 0.1) is 0 Å². The molecule has 1 saturated heterocycles. The number of hydrogen-bond acceptors (Lipinski definition) is 8. The number of nitrogens with zero attached hydrogens (tertiary/aromatic N) is 5. The summed E-state index contributed by atoms with van der Waals surface area (Å²) in [6, 6.07) is 9.16. The molecular weight excluding hydrogens is 428 g/mol. The average molecular weight is 447 g/mol. The van der Waals surface area contributed by atoms with E-state index in [1.165, 1.54) is 11.3 Å². The van der Waals surface area contributed by atoms with Gasteiger partial charge in [0.1, 0.15) is 10.0 Å². The highest BCUT2D eigenvalue weighted by atomic mass is 32.2. The summed E-state index contributed by atoms with van der Waals surface area (Å²) in [5.41, 5.74) is 1.70. The zero-order valence-electron chi connectivity index (χ0n) is 15.3. The molecule has 4 aromatic rings. The van der Waals surface area contributed by atoms with Crippen molar-refractivity contribution in [2.75, 3.05) is 18.0 Å². The van der Waals surface area contributed by atoms with Crippen LogP contribution < -0.4 is 9.62 Å². The molecule has 5 heterocycles. The SMILES string of the molecule is O=S(=O)(NC1CCN(c2ccc3nnc(-c4ccsc4)n3n2)CC1)c1cccs1. The molecule has 0 aliphatic carbocycles. The lowest BCUT2D eigenvalue weighted by Gasteiger charge is -2.32. The van der Waals surface area contributed by atoms with Crippen LogP contribution in [0.5, 0.6) is 0 Å². The van der Waals surface area contributed by atoms with Crippen molar-refractivity contribution >= 4 is 44.2 Å². The Balaban J connectivity index is 1.31. The molecule has 11 heteroatoms. The third-order valence-electron chi connectivity index (χ3n) is 4.93. The van der Waals surface area contributed by atoms with E-state index in [2.05, 4.69) is 19.8 Å². The van der Waals surface area contributed by atoms with E-state index >= 15 is 0 Å². The number of aromatic nitrogens is 4. The van der Waals surface area contributed by atoms with Gasteiger partial charge in [0, 0.05) is 30.1 Å². The van der Waals surface area contributed by atoms with Gasteiger partial charge < -0.3 is 4.90 Å². The van der Waals surface area contributed by atoms with Gasteiger partial charge in [-0.1, -0.05) is 6.07 Å². The molecule has 0 unspecified atom stereocenters. The van der Waals surface area contributed by atoms with E-state index < -0.39 is 10.0 Å². The summed E-state index contributed by atoms with van der Waals surface area (Å²) >= 11 is 2.84. The summed E-state index contributed by atoms with van der Waals surface area (Å²) in [6.07, 6.45) is 1.45. The largest absolute Gasteiger partial charge is 0.355 e. The van der Waals surface area contributed by atoms with Crippen LogP contribution in [0.4, 0.5) is 5.82 Å². The summed E-state index contributed by atoms with van der Waals surface area (Å²) in [5, 5.41) is 19.0. The second-order valence-corrected chi connectivity index (χ2v) is 10.5. The summed E-state index contributed by atoms with van der Waals surface area (Å²) in [4.78, 5) is 2.17. The lowest BCUT2D eigenvalue weighted by Crippen LogP contribution is -2.44. The van der Waals surface area contributed by atoms with E-state index in [0.29, 0.717) is 9.86 Å². The highest BCUT2D eigenvalue weighted by molar-refractivity contribution is 7.91. The first kappa shape index (κ1) is 18.7. The summed E-state index contributed by atoms with van der Waals surface area (Å²) in [7, 11) is -3.44. The molecular formula is C18H18N6O2S3. The number of hydrogen-bond donors (Lipinski definition) is 1. The fourth-order valence-corrected chi connectivity index (χ4v) is 6.39. The van der Waals surface area contributed by atoms with E-state index in [1.807, 2.05) is 29.0 Å². The molecule has 8 nitrogen and oxygen atoms in total. The van der Waals surface area contributed by atoms with Gasteiger partial charge in [-0.3, -0.25) is 0 Å². The Morgan fingerprint density at radius 3 is 2.66 bits per heavy atom. The molecule has 0 aromatic carbocycles. The molecule has 1 aliphatic heterocycles. The highest BCUT2D eigenvalue weighted by Gasteiger charge is 2.26. The van der Waals surface area contributed by atoms with Crippen molar-refractivity contribution in [2.45, 2.75) is 23.1 Å². The molecule has 0 bridgehead atoms. The third kappa shape index (κ3) is 3.66. The first-order valence-electron chi connectivity index (χ1n) is 9.16. The van der Waals surface area contributed by atoms with Crippen LogP contribution in [0.25, 0.3) is 17.0 Å². The second-order valence-electron chi connectivity index (χ2n) is 6.81. The fourth-order valence-electron chi connectivity index (χ4n) is 3.44. The number of rotatable bonds is 5. The number of thiophene rings is 2. The second kappa shape index (κ2) is 7.48. The molecule has 29 heavy (non-hydrogen) atoms. The minimum Gasteiger partial charge on any atom is -0.355 e. The van der Waals surface area contributed by atoms with Crippen molar-refractivity contribution in [3.8, 4) is 11.4 Å². The van der Waals surface area contributed by atoms with Crippen molar-refractivity contribution in [3.63, 3.8) is 0 Å². The fraction of sp³-hybridized carbons (Fsp3) is 0.278. The standard InChI is InChI=1S/C18H18N6O2S3/c25-29(26,17-2-1-10-28-17)22-14-5-8-23(9-6-14)16-4-3-15-19-20-18(24(15)21-16)13-7-11-27-12-13/h1-4,7,10-12,14,22H,5-6,8-9H2. The van der Waals surface area contributed by atoms with Crippen LogP contribution in [0, 0.1) is 0 Å². The van der Waals surface area contributed by atoms with Crippen molar-refractivity contribution in [2.24, 2.45) is 0 Å². The van der Waals surface area contributed by atoms with Gasteiger partial charge in [-0.15, -0.1) is 26.6 Å². The van der Waals surface area contributed by atoms with E-state index in [-0.39, 0.29) is 6.04 Å². The van der Waals surface area contributed by atoms with Gasteiger partial charge in [-0.25, -0.2) is 13.1 Å². The molecule has 1 aliphatic rings. The predicted octanol–water partition coefficient (Wildman–Crippen LogP) is 2.86. The number of anilines is 1. The molecule has 1 fully saturated rings. The van der Waals surface area contributed by atoms with Crippen LogP contribution in [-0.2, 0) is 10.0 Å². The smallest absolute Gasteiger partial charge is 0.250 e. The Morgan fingerprint density at radius 2 is 1.93 bits per heavy atom. The third-order valence-corrected chi connectivity index (χ3v) is 8.53. The first-order chi connectivity index (χ1) is 14.1. The number of nitrogens with one attached hydrogen (secondary N) is 1. The molecule has 1 N–H and O–H groups in total. The molecule has 4 aromatic heterocycles. The Kier molecular flexibility index (Phi) is 4.82. The van der Waals surface area contributed by atoms with Gasteiger partial charge in [0.15, 0.2) is 11.5 Å². The zero-order chi connectivity index (χ0) is 19.8. The zero-order valence-corrected chi connectivity index (χ0v) is 17.8. The van der Waals surface area contributed by atoms with Crippen molar-refractivity contribution < 1.29 is 8.42 Å². The number of piperidine rings is 1. The monoisotopic (exact) mass is 446 g/mol. The number of fused-ring (bicyclic) bond motifs is 1. The lowest BCUT2D eigenvalue weighted by atomic mass is 10.1. The quantitative estimate of drug-likeness (QED) is 0.507. The van der Waals surface area contributed by atoms with Crippen molar-refractivity contribution in [1.82, 2.24) is 24.5 Å². The normalized spacial score (nSPS) is 15.9. The Bertz CT molecular complexity index is 1210. The maximum absolute atomic E-state index is 12.4. The average Bonchev–Trinajstić information content (AvgIpc) is 3.48. The minimum absolute atomic E-state index is 0.0710. The predicted molar refractivity (Wildman–Crippen MR) is 114 cm³/mol. The van der Waals surface area contributed by atoms with Crippen LogP contribution >= 0.6 is 22.7 Å². The van der Waals surface area contributed by atoms with Crippen LogP contribution in [0.3, 0.4) is 0 Å². The minimum atomic E-state index is -3.44. The number of sulfonamides is 1. The lowest BCUT2D eigenvalue weighted by molar-refractivity contribution is 0.458. The molecule has 0 spiro atoms. The van der Waals surface area contributed by atoms with Gasteiger partial charge in [0.25, 0.3) is 0 Å². The molecule has 0 atom stereocenters. The van der Waals surface area contributed by atoms with Crippen molar-refractivity contribution in [1.29, 1.82) is 0 Å². The van der Waals surface area contributed by atoms with Gasteiger partial charge in [-0.2, -0.15) is 15.9 Å². The molecule has 0 saturated carbocycles. The van der Waals surface area contributed by atoms with Crippen LogP contribution in [-0.4, -0.2) is 47.4 Å². The van der Waals surface area contributed by atoms with E-state index in [0.717, 1.165) is 43.1 Å². The maximum atomic E-state index is 12.4. The highest BCUT2D eigenvalue weighted by Crippen LogP contribution is 2.24. The van der Waals surface area contributed by atoms with E-state index in [4.69, 9.17) is 5.10 Å². The molecule has 0 amide bonds. The Hall–Kier alpha value is -2.34. The van der Waals surface area contributed by atoms with E-state index in [1.54, 1.807) is 33.4 Å². The Labute approximate surface area is 175 Å². The summed E-state index contributed by atoms with van der Waals surface area (Å²) < 4.78 is 29.8. The molecule has 0 radical (unpaired) electrons. The van der Waals surface area contributed by atoms with Crippen LogP contribution in [0.1, 0.15) is 12.8 Å². The topological polar surface area (TPSA) is 92.5 Å². The first-order valence-corrected chi connectivity index (χ1v) is 12.5. The van der Waals surface area contributed by atoms with Crippen LogP contribution in [0.15, 0.2) is 50.7 Å². The van der Waals surface area contributed by atoms with Gasteiger partial charge >= 0.3 is 0 Å². The van der Waals surface area contributed by atoms with E-state index in [9.17, 15) is 8.42 Å². The summed E-state index contributed by atoms with van der Waals surface area (Å²) in [6.45, 7) is 1.46. The summed E-state index contributed by atoms with van der Waals surface area (Å²) in [5.74, 6) is 1.56. The van der Waals surface area contributed by atoms with Gasteiger partial charge in [0.2, 0.25) is 10.0 Å². The molecule has 5 rings (SSSR count). The van der Waals surface area contributed by atoms with Crippen LogP contribution in [0.2, 0.25) is 0 Å². The Morgan fingerprint density at radius 1 is 1.07 bits per heavy atom.